The maximum absolute atomic E-state index is 12.1. The summed E-state index contributed by atoms with van der Waals surface area (Å²) >= 11 is 0. The van der Waals surface area contributed by atoms with Crippen LogP contribution in [0.15, 0.2) is 0 Å². The fourth-order valence-corrected chi connectivity index (χ4v) is 2.11. The Bertz CT molecular complexity index is 287. The molecule has 0 bridgehead atoms. The van der Waals surface area contributed by atoms with Gasteiger partial charge in [-0.05, 0) is 5.92 Å². The number of ketones is 1. The summed E-state index contributed by atoms with van der Waals surface area (Å²) in [6.45, 7) is 9.87. The summed E-state index contributed by atoms with van der Waals surface area (Å²) in [7, 11) is 0. The third-order valence-electron chi connectivity index (χ3n) is 3.04. The summed E-state index contributed by atoms with van der Waals surface area (Å²) in [4.78, 5) is 25.9. The van der Waals surface area contributed by atoms with Gasteiger partial charge in [-0.3, -0.25) is 9.59 Å². The van der Waals surface area contributed by atoms with Crippen molar-refractivity contribution in [3.05, 3.63) is 0 Å². The van der Waals surface area contributed by atoms with Crippen molar-refractivity contribution >= 4 is 11.7 Å². The van der Waals surface area contributed by atoms with Gasteiger partial charge in [0.1, 0.15) is 6.04 Å². The van der Waals surface area contributed by atoms with Gasteiger partial charge >= 0.3 is 0 Å². The fourth-order valence-electron chi connectivity index (χ4n) is 2.11. The molecular weight excluding hydrogens is 216 g/mol. The van der Waals surface area contributed by atoms with E-state index in [0.717, 1.165) is 6.54 Å². The lowest BCUT2D eigenvalue weighted by Gasteiger charge is -2.36. The second-order valence-electron chi connectivity index (χ2n) is 5.46. The Morgan fingerprint density at radius 1 is 1.29 bits per heavy atom. The topological polar surface area (TPSA) is 49.4 Å². The van der Waals surface area contributed by atoms with Crippen LogP contribution in [0.1, 0.15) is 34.1 Å². The van der Waals surface area contributed by atoms with Gasteiger partial charge in [0.15, 0.2) is 5.78 Å². The minimum absolute atomic E-state index is 0.0192. The van der Waals surface area contributed by atoms with Gasteiger partial charge in [0.2, 0.25) is 5.91 Å². The number of rotatable bonds is 4. The number of nitrogens with one attached hydrogen (secondary N) is 1. The quantitative estimate of drug-likeness (QED) is 0.799. The first kappa shape index (κ1) is 14.2. The molecule has 17 heavy (non-hydrogen) atoms. The molecule has 1 aliphatic heterocycles. The van der Waals surface area contributed by atoms with E-state index in [2.05, 4.69) is 5.32 Å². The standard InChI is InChI=1S/C13H24N2O2/c1-9(2)7-12(16)15-6-5-14-8-11(15)13(17)10(3)4/h9-11,14H,5-8H2,1-4H3/t11-/m0/s1. The Balaban J connectivity index is 2.72. The number of carbonyl (C=O) groups excluding carboxylic acids is 2. The third kappa shape index (κ3) is 3.80. The van der Waals surface area contributed by atoms with Crippen molar-refractivity contribution in [2.75, 3.05) is 19.6 Å². The van der Waals surface area contributed by atoms with E-state index < -0.39 is 0 Å². The number of piperazine rings is 1. The lowest BCUT2D eigenvalue weighted by Crippen LogP contribution is -2.57. The van der Waals surface area contributed by atoms with Gasteiger partial charge in [0.25, 0.3) is 0 Å². The van der Waals surface area contributed by atoms with Crippen LogP contribution in [0.2, 0.25) is 0 Å². The Morgan fingerprint density at radius 2 is 1.94 bits per heavy atom. The predicted octanol–water partition coefficient (Wildman–Crippen LogP) is 1.06. The van der Waals surface area contributed by atoms with Gasteiger partial charge in [-0.1, -0.05) is 27.7 Å². The number of hydrogen-bond donors (Lipinski definition) is 1. The number of nitrogens with zero attached hydrogens (tertiary/aromatic N) is 1. The highest BCUT2D eigenvalue weighted by molar-refractivity contribution is 5.90. The minimum atomic E-state index is -0.269. The molecule has 1 N–H and O–H groups in total. The van der Waals surface area contributed by atoms with Crippen LogP contribution in [-0.4, -0.2) is 42.3 Å². The number of Topliss-reactive ketones (excluding diaryl/α,β-unsaturated/α-hetero) is 1. The Kier molecular flexibility index (Phi) is 5.12. The van der Waals surface area contributed by atoms with Gasteiger partial charge < -0.3 is 10.2 Å². The highest BCUT2D eigenvalue weighted by Crippen LogP contribution is 2.13. The van der Waals surface area contributed by atoms with E-state index in [4.69, 9.17) is 0 Å². The maximum Gasteiger partial charge on any atom is 0.223 e. The lowest BCUT2D eigenvalue weighted by atomic mass is 9.98. The first-order valence-corrected chi connectivity index (χ1v) is 6.47. The van der Waals surface area contributed by atoms with Crippen LogP contribution in [0, 0.1) is 11.8 Å². The molecule has 1 atom stereocenters. The molecule has 1 fully saturated rings. The van der Waals surface area contributed by atoms with Crippen LogP contribution < -0.4 is 5.32 Å². The van der Waals surface area contributed by atoms with Crippen LogP contribution in [0.3, 0.4) is 0 Å². The molecule has 1 rings (SSSR count). The molecule has 1 saturated heterocycles. The molecule has 4 heteroatoms. The van der Waals surface area contributed by atoms with Crippen LogP contribution >= 0.6 is 0 Å². The molecule has 0 aromatic carbocycles. The van der Waals surface area contributed by atoms with E-state index in [-0.39, 0.29) is 23.7 Å². The van der Waals surface area contributed by atoms with Crippen molar-refractivity contribution < 1.29 is 9.59 Å². The highest BCUT2D eigenvalue weighted by atomic mass is 16.2. The first-order chi connectivity index (χ1) is 7.93. The van der Waals surface area contributed by atoms with E-state index in [9.17, 15) is 9.59 Å². The molecule has 0 unspecified atom stereocenters. The van der Waals surface area contributed by atoms with Crippen molar-refractivity contribution in [1.29, 1.82) is 0 Å². The Hall–Kier alpha value is -0.900. The van der Waals surface area contributed by atoms with E-state index in [1.807, 2.05) is 27.7 Å². The number of hydrogen-bond acceptors (Lipinski definition) is 3. The van der Waals surface area contributed by atoms with Gasteiger partial charge in [-0.25, -0.2) is 0 Å². The van der Waals surface area contributed by atoms with E-state index in [0.29, 0.717) is 25.4 Å². The molecule has 0 aromatic rings. The monoisotopic (exact) mass is 240 g/mol. The van der Waals surface area contributed by atoms with Crippen LogP contribution in [0.4, 0.5) is 0 Å². The summed E-state index contributed by atoms with van der Waals surface area (Å²) in [5, 5.41) is 3.19. The summed E-state index contributed by atoms with van der Waals surface area (Å²) in [5.74, 6) is 0.594. The highest BCUT2D eigenvalue weighted by Gasteiger charge is 2.32. The predicted molar refractivity (Wildman–Crippen MR) is 67.7 cm³/mol. The van der Waals surface area contributed by atoms with E-state index in [1.54, 1.807) is 4.90 Å². The zero-order valence-corrected chi connectivity index (χ0v) is 11.3. The van der Waals surface area contributed by atoms with E-state index in [1.165, 1.54) is 0 Å². The zero-order chi connectivity index (χ0) is 13.0. The van der Waals surface area contributed by atoms with E-state index >= 15 is 0 Å². The van der Waals surface area contributed by atoms with Gasteiger partial charge in [0, 0.05) is 32.0 Å². The van der Waals surface area contributed by atoms with Gasteiger partial charge in [-0.15, -0.1) is 0 Å². The molecule has 0 aromatic heterocycles. The molecule has 0 saturated carbocycles. The molecule has 0 radical (unpaired) electrons. The minimum Gasteiger partial charge on any atom is -0.330 e. The summed E-state index contributed by atoms with van der Waals surface area (Å²) in [5.41, 5.74) is 0. The van der Waals surface area contributed by atoms with Crippen LogP contribution in [0.25, 0.3) is 0 Å². The lowest BCUT2D eigenvalue weighted by molar-refractivity contribution is -0.142. The maximum atomic E-state index is 12.1. The summed E-state index contributed by atoms with van der Waals surface area (Å²) in [6, 6.07) is -0.269. The number of amides is 1. The Labute approximate surface area is 104 Å². The first-order valence-electron chi connectivity index (χ1n) is 6.47. The summed E-state index contributed by atoms with van der Waals surface area (Å²) < 4.78 is 0. The molecule has 98 valence electrons. The SMILES string of the molecule is CC(C)CC(=O)N1CCNC[C@H]1C(=O)C(C)C. The van der Waals surface area contributed by atoms with Crippen LogP contribution in [0.5, 0.6) is 0 Å². The third-order valence-corrected chi connectivity index (χ3v) is 3.04. The normalized spacial score (nSPS) is 21.1. The molecule has 1 amide bonds. The molecule has 1 heterocycles. The fraction of sp³-hybridized carbons (Fsp3) is 0.846. The van der Waals surface area contributed by atoms with Crippen LogP contribution in [-0.2, 0) is 9.59 Å². The zero-order valence-electron chi connectivity index (χ0n) is 11.3. The second-order valence-corrected chi connectivity index (χ2v) is 5.46. The van der Waals surface area contributed by atoms with Crippen molar-refractivity contribution in [2.45, 2.75) is 40.2 Å². The molecular formula is C13H24N2O2. The smallest absolute Gasteiger partial charge is 0.223 e. The second kappa shape index (κ2) is 6.15. The largest absolute Gasteiger partial charge is 0.330 e. The van der Waals surface area contributed by atoms with Gasteiger partial charge in [-0.2, -0.15) is 0 Å². The van der Waals surface area contributed by atoms with Crippen molar-refractivity contribution in [1.82, 2.24) is 10.2 Å². The molecule has 1 aliphatic rings. The number of carbonyl (C=O) groups is 2. The van der Waals surface area contributed by atoms with Crippen molar-refractivity contribution in [2.24, 2.45) is 11.8 Å². The molecule has 0 aliphatic carbocycles. The molecule has 0 spiro atoms. The molecule has 4 nitrogen and oxygen atoms in total. The summed E-state index contributed by atoms with van der Waals surface area (Å²) in [6.07, 6.45) is 0.530. The van der Waals surface area contributed by atoms with Crippen molar-refractivity contribution in [3.63, 3.8) is 0 Å². The average Bonchev–Trinajstić information content (AvgIpc) is 2.27. The van der Waals surface area contributed by atoms with Gasteiger partial charge in [0.05, 0.1) is 0 Å². The van der Waals surface area contributed by atoms with Crippen molar-refractivity contribution in [3.8, 4) is 0 Å². The Morgan fingerprint density at radius 3 is 2.47 bits per heavy atom. The average molecular weight is 240 g/mol.